The SMILES string of the molecule is CC(C)c1ccccc1NCCC(=O)NC1CCCCC1. The van der Waals surface area contributed by atoms with Gasteiger partial charge in [-0.15, -0.1) is 0 Å². The summed E-state index contributed by atoms with van der Waals surface area (Å²) in [6.07, 6.45) is 6.67. The lowest BCUT2D eigenvalue weighted by Crippen LogP contribution is -2.36. The molecule has 3 heteroatoms. The van der Waals surface area contributed by atoms with E-state index in [2.05, 4.69) is 42.7 Å². The monoisotopic (exact) mass is 288 g/mol. The Morgan fingerprint density at radius 3 is 2.62 bits per heavy atom. The average molecular weight is 288 g/mol. The fourth-order valence-corrected chi connectivity index (χ4v) is 3.02. The maximum Gasteiger partial charge on any atom is 0.221 e. The van der Waals surface area contributed by atoms with Crippen molar-refractivity contribution in [1.29, 1.82) is 0 Å². The van der Waals surface area contributed by atoms with E-state index in [0.717, 1.165) is 18.5 Å². The predicted octanol–water partition coefficient (Wildman–Crippen LogP) is 4.06. The Bertz CT molecular complexity index is 450. The lowest BCUT2D eigenvalue weighted by molar-refractivity contribution is -0.121. The van der Waals surface area contributed by atoms with E-state index < -0.39 is 0 Å². The van der Waals surface area contributed by atoms with Crippen molar-refractivity contribution in [2.75, 3.05) is 11.9 Å². The van der Waals surface area contributed by atoms with E-state index in [0.29, 0.717) is 24.9 Å². The van der Waals surface area contributed by atoms with E-state index in [-0.39, 0.29) is 5.91 Å². The van der Waals surface area contributed by atoms with Crippen LogP contribution in [0.1, 0.15) is 63.9 Å². The topological polar surface area (TPSA) is 41.1 Å². The molecule has 2 N–H and O–H groups in total. The molecule has 0 unspecified atom stereocenters. The fraction of sp³-hybridized carbons (Fsp3) is 0.611. The summed E-state index contributed by atoms with van der Waals surface area (Å²) in [5.41, 5.74) is 2.46. The van der Waals surface area contributed by atoms with E-state index >= 15 is 0 Å². The van der Waals surface area contributed by atoms with Gasteiger partial charge in [-0.25, -0.2) is 0 Å². The highest BCUT2D eigenvalue weighted by Crippen LogP contribution is 2.23. The van der Waals surface area contributed by atoms with Crippen LogP contribution < -0.4 is 10.6 Å². The molecule has 21 heavy (non-hydrogen) atoms. The molecule has 116 valence electrons. The minimum Gasteiger partial charge on any atom is -0.384 e. The Kier molecular flexibility index (Phi) is 6.09. The van der Waals surface area contributed by atoms with Crippen molar-refractivity contribution in [3.05, 3.63) is 29.8 Å². The maximum atomic E-state index is 12.0. The molecule has 1 saturated carbocycles. The quantitative estimate of drug-likeness (QED) is 0.828. The first-order valence-corrected chi connectivity index (χ1v) is 8.29. The van der Waals surface area contributed by atoms with Crippen molar-refractivity contribution in [2.45, 2.75) is 64.3 Å². The number of rotatable bonds is 6. The highest BCUT2D eigenvalue weighted by atomic mass is 16.1. The zero-order valence-corrected chi connectivity index (χ0v) is 13.3. The molecule has 0 saturated heterocycles. The molecule has 1 fully saturated rings. The molecule has 1 aliphatic rings. The van der Waals surface area contributed by atoms with Gasteiger partial charge in [0.2, 0.25) is 5.91 Å². The summed E-state index contributed by atoms with van der Waals surface area (Å²) in [5, 5.41) is 6.57. The Morgan fingerprint density at radius 1 is 1.19 bits per heavy atom. The number of carbonyl (C=O) groups is 1. The van der Waals surface area contributed by atoms with E-state index in [1.807, 2.05) is 6.07 Å². The summed E-state index contributed by atoms with van der Waals surface area (Å²) >= 11 is 0. The van der Waals surface area contributed by atoms with Crippen LogP contribution >= 0.6 is 0 Å². The number of amides is 1. The lowest BCUT2D eigenvalue weighted by Gasteiger charge is -2.23. The number of hydrogen-bond acceptors (Lipinski definition) is 2. The second-order valence-electron chi connectivity index (χ2n) is 6.32. The van der Waals surface area contributed by atoms with Crippen LogP contribution in [0.15, 0.2) is 24.3 Å². The molecule has 0 atom stereocenters. The second kappa shape index (κ2) is 8.06. The van der Waals surface area contributed by atoms with Crippen LogP contribution in [0.4, 0.5) is 5.69 Å². The van der Waals surface area contributed by atoms with Crippen LogP contribution in [-0.2, 0) is 4.79 Å². The van der Waals surface area contributed by atoms with Gasteiger partial charge >= 0.3 is 0 Å². The van der Waals surface area contributed by atoms with Gasteiger partial charge < -0.3 is 10.6 Å². The van der Waals surface area contributed by atoms with Crippen molar-refractivity contribution >= 4 is 11.6 Å². The Hall–Kier alpha value is -1.51. The maximum absolute atomic E-state index is 12.0. The molecule has 1 aromatic carbocycles. The number of hydrogen-bond donors (Lipinski definition) is 2. The molecule has 2 rings (SSSR count). The van der Waals surface area contributed by atoms with E-state index in [1.165, 1.54) is 24.8 Å². The predicted molar refractivity (Wildman–Crippen MR) is 88.7 cm³/mol. The fourth-order valence-electron chi connectivity index (χ4n) is 3.02. The number of anilines is 1. The van der Waals surface area contributed by atoms with Crippen LogP contribution in [0, 0.1) is 0 Å². The Balaban J connectivity index is 1.75. The van der Waals surface area contributed by atoms with Crippen molar-refractivity contribution in [3.63, 3.8) is 0 Å². The minimum absolute atomic E-state index is 0.177. The smallest absolute Gasteiger partial charge is 0.221 e. The first kappa shape index (κ1) is 15.9. The van der Waals surface area contributed by atoms with Gasteiger partial charge in [0.05, 0.1) is 0 Å². The molecule has 0 aromatic heterocycles. The number of nitrogens with one attached hydrogen (secondary N) is 2. The average Bonchev–Trinajstić information content (AvgIpc) is 2.48. The van der Waals surface area contributed by atoms with Crippen molar-refractivity contribution in [3.8, 4) is 0 Å². The van der Waals surface area contributed by atoms with Crippen LogP contribution in [0.25, 0.3) is 0 Å². The van der Waals surface area contributed by atoms with Gasteiger partial charge in [0.1, 0.15) is 0 Å². The molecule has 0 radical (unpaired) electrons. The van der Waals surface area contributed by atoms with Gasteiger partial charge in [-0.3, -0.25) is 4.79 Å². The molecule has 0 spiro atoms. The standard InChI is InChI=1S/C18H28N2O/c1-14(2)16-10-6-7-11-17(16)19-13-12-18(21)20-15-8-4-3-5-9-15/h6-7,10-11,14-15,19H,3-5,8-9,12-13H2,1-2H3,(H,20,21). The molecule has 1 amide bonds. The second-order valence-corrected chi connectivity index (χ2v) is 6.32. The Labute approximate surface area is 128 Å². The van der Waals surface area contributed by atoms with E-state index in [9.17, 15) is 4.79 Å². The first-order valence-electron chi connectivity index (χ1n) is 8.29. The van der Waals surface area contributed by atoms with Gasteiger partial charge in [-0.05, 0) is 30.4 Å². The largest absolute Gasteiger partial charge is 0.384 e. The van der Waals surface area contributed by atoms with Gasteiger partial charge in [-0.2, -0.15) is 0 Å². The van der Waals surface area contributed by atoms with Crippen LogP contribution in [0.2, 0.25) is 0 Å². The van der Waals surface area contributed by atoms with Gasteiger partial charge in [0.25, 0.3) is 0 Å². The minimum atomic E-state index is 0.177. The lowest BCUT2D eigenvalue weighted by atomic mass is 9.95. The molecule has 0 heterocycles. The third-order valence-corrected chi connectivity index (χ3v) is 4.22. The van der Waals surface area contributed by atoms with Gasteiger partial charge in [0.15, 0.2) is 0 Å². The molecule has 3 nitrogen and oxygen atoms in total. The molecule has 1 aliphatic carbocycles. The third kappa shape index (κ3) is 5.07. The summed E-state index contributed by atoms with van der Waals surface area (Å²) in [7, 11) is 0. The number of benzene rings is 1. The van der Waals surface area contributed by atoms with Crippen molar-refractivity contribution < 1.29 is 4.79 Å². The Morgan fingerprint density at radius 2 is 1.90 bits per heavy atom. The molecule has 0 aliphatic heterocycles. The third-order valence-electron chi connectivity index (χ3n) is 4.22. The summed E-state index contributed by atoms with van der Waals surface area (Å²) in [4.78, 5) is 12.0. The van der Waals surface area contributed by atoms with Crippen LogP contribution in [0.5, 0.6) is 0 Å². The normalized spacial score (nSPS) is 16.0. The molecule has 1 aromatic rings. The van der Waals surface area contributed by atoms with Crippen LogP contribution in [-0.4, -0.2) is 18.5 Å². The van der Waals surface area contributed by atoms with Crippen molar-refractivity contribution in [2.24, 2.45) is 0 Å². The number of carbonyl (C=O) groups excluding carboxylic acids is 1. The van der Waals surface area contributed by atoms with E-state index in [1.54, 1.807) is 0 Å². The zero-order chi connectivity index (χ0) is 15.1. The first-order chi connectivity index (χ1) is 10.2. The van der Waals surface area contributed by atoms with Crippen LogP contribution in [0.3, 0.4) is 0 Å². The van der Waals surface area contributed by atoms with Gasteiger partial charge in [-0.1, -0.05) is 51.3 Å². The number of para-hydroxylation sites is 1. The molecular weight excluding hydrogens is 260 g/mol. The summed E-state index contributed by atoms with van der Waals surface area (Å²) in [5.74, 6) is 0.668. The summed E-state index contributed by atoms with van der Waals surface area (Å²) in [6, 6.07) is 8.75. The molecule has 0 bridgehead atoms. The molecular formula is C18H28N2O. The van der Waals surface area contributed by atoms with Crippen molar-refractivity contribution in [1.82, 2.24) is 5.32 Å². The highest BCUT2D eigenvalue weighted by molar-refractivity contribution is 5.76. The highest BCUT2D eigenvalue weighted by Gasteiger charge is 2.15. The van der Waals surface area contributed by atoms with Gasteiger partial charge in [0, 0.05) is 24.7 Å². The zero-order valence-electron chi connectivity index (χ0n) is 13.3. The summed E-state index contributed by atoms with van der Waals surface area (Å²) < 4.78 is 0. The van der Waals surface area contributed by atoms with E-state index in [4.69, 9.17) is 0 Å². The summed E-state index contributed by atoms with van der Waals surface area (Å²) in [6.45, 7) is 5.08.